The fourth-order valence-corrected chi connectivity index (χ4v) is 6.47. The Morgan fingerprint density at radius 1 is 0.544 bits per heavy atom. The highest BCUT2D eigenvalue weighted by atomic mass is 16.5. The van der Waals surface area contributed by atoms with Crippen molar-refractivity contribution >= 4 is 52.2 Å². The molecule has 0 bridgehead atoms. The molecule has 0 aliphatic heterocycles. The van der Waals surface area contributed by atoms with E-state index in [1.54, 1.807) is 0 Å². The minimum Gasteiger partial charge on any atom is -0.492 e. The summed E-state index contributed by atoms with van der Waals surface area (Å²) in [4.78, 5) is 2.26. The Morgan fingerprint density at radius 3 is 1.56 bits per heavy atom. The van der Waals surface area contributed by atoms with Crippen molar-refractivity contribution in [3.05, 3.63) is 205 Å². The molecule has 0 aliphatic rings. The number of rotatable bonds is 17. The van der Waals surface area contributed by atoms with Gasteiger partial charge in [0.05, 0.1) is 36.1 Å². The van der Waals surface area contributed by atoms with Crippen molar-refractivity contribution in [3.63, 3.8) is 0 Å². The first-order valence-corrected chi connectivity index (χ1v) is 19.5. The highest BCUT2D eigenvalue weighted by Gasteiger charge is 2.15. The summed E-state index contributed by atoms with van der Waals surface area (Å²) in [5, 5.41) is 17.4. The lowest BCUT2D eigenvalue weighted by Crippen LogP contribution is -2.27. The van der Waals surface area contributed by atoms with Gasteiger partial charge in [0.2, 0.25) is 0 Å². The number of hydrogen-bond acceptors (Lipinski definition) is 7. The molecule has 7 aromatic rings. The molecule has 0 saturated heterocycles. The molecule has 0 heterocycles. The molecule has 1 atom stereocenters. The van der Waals surface area contributed by atoms with E-state index in [1.165, 1.54) is 0 Å². The molecule has 7 heteroatoms. The predicted molar refractivity (Wildman–Crippen MR) is 240 cm³/mol. The van der Waals surface area contributed by atoms with Gasteiger partial charge in [0.1, 0.15) is 5.75 Å². The van der Waals surface area contributed by atoms with Gasteiger partial charge in [-0.05, 0) is 97.4 Å². The van der Waals surface area contributed by atoms with E-state index in [0.717, 1.165) is 63.2 Å². The largest absolute Gasteiger partial charge is 0.492 e. The summed E-state index contributed by atoms with van der Waals surface area (Å²) in [6.45, 7) is 6.23. The quantitative estimate of drug-likeness (QED) is 0.0742. The van der Waals surface area contributed by atoms with Crippen LogP contribution in [0.15, 0.2) is 204 Å². The van der Waals surface area contributed by atoms with Crippen molar-refractivity contribution in [2.24, 2.45) is 16.1 Å². The van der Waals surface area contributed by atoms with E-state index < -0.39 is 0 Å². The van der Waals surface area contributed by atoms with Crippen molar-refractivity contribution < 1.29 is 4.74 Å². The Kier molecular flexibility index (Phi) is 13.0. The molecule has 0 spiro atoms. The van der Waals surface area contributed by atoms with E-state index in [9.17, 15) is 0 Å². The van der Waals surface area contributed by atoms with Crippen molar-refractivity contribution in [2.75, 3.05) is 39.9 Å². The van der Waals surface area contributed by atoms with Gasteiger partial charge in [-0.2, -0.15) is 10.2 Å². The molecule has 284 valence electrons. The molecule has 0 saturated carbocycles. The Balaban J connectivity index is 1.08. The molecule has 57 heavy (non-hydrogen) atoms. The molecular formula is C50H48N6O. The summed E-state index contributed by atoms with van der Waals surface area (Å²) in [6.07, 6.45) is 3.81. The molecule has 7 rings (SSSR count). The van der Waals surface area contributed by atoms with Crippen molar-refractivity contribution in [2.45, 2.75) is 13.8 Å². The topological polar surface area (TPSA) is 55.7 Å². The van der Waals surface area contributed by atoms with Crippen LogP contribution in [0.5, 0.6) is 5.75 Å². The first-order chi connectivity index (χ1) is 28.1. The van der Waals surface area contributed by atoms with Gasteiger partial charge in [-0.3, -0.25) is 5.01 Å². The third-order valence-corrected chi connectivity index (χ3v) is 9.30. The smallest absolute Gasteiger partial charge is 0.130 e. The highest BCUT2D eigenvalue weighted by molar-refractivity contribution is 5.86. The van der Waals surface area contributed by atoms with Crippen LogP contribution in [0, 0.1) is 5.92 Å². The maximum atomic E-state index is 6.60. The van der Waals surface area contributed by atoms with Gasteiger partial charge in [-0.25, -0.2) is 5.01 Å². The van der Waals surface area contributed by atoms with Crippen molar-refractivity contribution in [1.82, 2.24) is 0 Å². The minimum absolute atomic E-state index is 0.132. The lowest BCUT2D eigenvalue weighted by atomic mass is 10.1. The highest BCUT2D eigenvalue weighted by Crippen LogP contribution is 2.34. The normalized spacial score (nSPS) is 11.7. The third kappa shape index (κ3) is 10.3. The zero-order valence-electron chi connectivity index (χ0n) is 32.5. The van der Waals surface area contributed by atoms with Crippen LogP contribution in [0.4, 0.5) is 39.8 Å². The van der Waals surface area contributed by atoms with Crippen molar-refractivity contribution in [3.8, 4) is 5.75 Å². The Bertz CT molecular complexity index is 2220. The number of anilines is 7. The molecule has 7 nitrogen and oxygen atoms in total. The molecule has 0 aliphatic carbocycles. The monoisotopic (exact) mass is 748 g/mol. The van der Waals surface area contributed by atoms with Crippen LogP contribution < -0.4 is 25.0 Å². The molecule has 1 unspecified atom stereocenters. The number of para-hydroxylation sites is 5. The first kappa shape index (κ1) is 38.2. The second-order valence-electron chi connectivity index (χ2n) is 13.7. The van der Waals surface area contributed by atoms with Gasteiger partial charge >= 0.3 is 0 Å². The molecule has 7 aromatic carbocycles. The summed E-state index contributed by atoms with van der Waals surface area (Å²) in [5.41, 5.74) is 9.13. The maximum absolute atomic E-state index is 6.60. The molecule has 1 N–H and O–H groups in total. The van der Waals surface area contributed by atoms with E-state index in [2.05, 4.69) is 156 Å². The lowest BCUT2D eigenvalue weighted by Gasteiger charge is -2.25. The van der Waals surface area contributed by atoms with Crippen LogP contribution in [0.1, 0.15) is 25.0 Å². The number of nitrogens with zero attached hydrogens (tertiary/aromatic N) is 5. The van der Waals surface area contributed by atoms with Gasteiger partial charge < -0.3 is 15.0 Å². The predicted octanol–water partition coefficient (Wildman–Crippen LogP) is 12.3. The summed E-state index contributed by atoms with van der Waals surface area (Å²) >= 11 is 0. The number of ether oxygens (including phenoxy) is 1. The van der Waals surface area contributed by atoms with E-state index in [0.29, 0.717) is 13.2 Å². The SMILES string of the molecule is CCNc1ccc(/C=N/N(c2ccccc2)c2ccccc2)c(OCC(C)CN(/N=C/c2ccc(N(c3ccccc3)c3ccccc3)cc2)c2ccccc2)c1. The van der Waals surface area contributed by atoms with Crippen LogP contribution in [0.25, 0.3) is 0 Å². The van der Waals surface area contributed by atoms with Crippen LogP contribution in [-0.2, 0) is 0 Å². The summed E-state index contributed by atoms with van der Waals surface area (Å²) in [6, 6.07) is 66.2. The van der Waals surface area contributed by atoms with Gasteiger partial charge in [0.15, 0.2) is 0 Å². The maximum Gasteiger partial charge on any atom is 0.130 e. The Hall–Kier alpha value is -7.12. The molecule has 0 aromatic heterocycles. The van der Waals surface area contributed by atoms with Crippen LogP contribution in [0.2, 0.25) is 0 Å². The third-order valence-electron chi connectivity index (χ3n) is 9.30. The van der Waals surface area contributed by atoms with Crippen LogP contribution >= 0.6 is 0 Å². The fraction of sp³-hybridized carbons (Fsp3) is 0.120. The second-order valence-corrected chi connectivity index (χ2v) is 13.7. The van der Waals surface area contributed by atoms with E-state index in [4.69, 9.17) is 14.9 Å². The number of hydrogen-bond donors (Lipinski definition) is 1. The first-order valence-electron chi connectivity index (χ1n) is 19.5. The average Bonchev–Trinajstić information content (AvgIpc) is 3.27. The number of hydrazone groups is 2. The van der Waals surface area contributed by atoms with E-state index >= 15 is 0 Å². The average molecular weight is 749 g/mol. The minimum atomic E-state index is 0.132. The summed E-state index contributed by atoms with van der Waals surface area (Å²) < 4.78 is 6.60. The van der Waals surface area contributed by atoms with Gasteiger partial charge in [-0.1, -0.05) is 110 Å². The summed E-state index contributed by atoms with van der Waals surface area (Å²) in [5.74, 6) is 0.896. The second kappa shape index (κ2) is 19.5. The van der Waals surface area contributed by atoms with Gasteiger partial charge in [0.25, 0.3) is 0 Å². The van der Waals surface area contributed by atoms with E-state index in [1.807, 2.05) is 84.2 Å². The zero-order valence-corrected chi connectivity index (χ0v) is 32.5. The Morgan fingerprint density at radius 2 is 1.04 bits per heavy atom. The molecule has 0 fully saturated rings. The Labute approximate surface area is 336 Å². The van der Waals surface area contributed by atoms with Crippen LogP contribution in [0.3, 0.4) is 0 Å². The lowest BCUT2D eigenvalue weighted by molar-refractivity contribution is 0.261. The number of nitrogens with one attached hydrogen (secondary N) is 1. The molecule has 0 radical (unpaired) electrons. The summed E-state index contributed by atoms with van der Waals surface area (Å²) in [7, 11) is 0. The van der Waals surface area contributed by atoms with Crippen LogP contribution in [-0.4, -0.2) is 32.1 Å². The fourth-order valence-electron chi connectivity index (χ4n) is 6.47. The standard InChI is InChI=1S/C50H48N6O/c1-3-51-43-32-31-42(37-53-56(48-25-15-7-16-26-48)49-27-17-8-18-28-49)50(35-43)57-39-40(2)38-54(44-19-9-4-10-20-44)52-36-41-29-33-47(34-30-41)55(45-21-11-5-12-22-45)46-23-13-6-14-24-46/h4-37,40,51H,3,38-39H2,1-2H3/b52-36+,53-37+. The van der Waals surface area contributed by atoms with Gasteiger partial charge in [0, 0.05) is 53.4 Å². The van der Waals surface area contributed by atoms with Crippen molar-refractivity contribution in [1.29, 1.82) is 0 Å². The van der Waals surface area contributed by atoms with Gasteiger partial charge in [-0.15, -0.1) is 0 Å². The molecular weight excluding hydrogens is 701 g/mol. The number of benzene rings is 7. The molecule has 0 amide bonds. The van der Waals surface area contributed by atoms with E-state index in [-0.39, 0.29) is 5.92 Å². The zero-order chi connectivity index (χ0) is 39.1.